The van der Waals surface area contributed by atoms with Crippen LogP contribution < -0.4 is 11.1 Å². The zero-order valence-electron chi connectivity index (χ0n) is 20.2. The monoisotopic (exact) mass is 493 g/mol. The normalized spacial score (nSPS) is 12.0. The Hall–Kier alpha value is -2.08. The number of amidine groups is 1. The number of nitrogens with two attached hydrogens (primary N) is 1. The van der Waals surface area contributed by atoms with Crippen molar-refractivity contribution >= 4 is 34.9 Å². The number of carbonyl (C=O) groups excluding carboxylic acids is 1. The van der Waals surface area contributed by atoms with Crippen molar-refractivity contribution in [1.29, 1.82) is 0 Å². The molecule has 2 rings (SSSR count). The number of amides is 1. The van der Waals surface area contributed by atoms with Gasteiger partial charge in [0, 0.05) is 25.6 Å². The van der Waals surface area contributed by atoms with Gasteiger partial charge in [0.05, 0.1) is 28.5 Å². The lowest BCUT2D eigenvalue weighted by Crippen LogP contribution is -2.20. The molecule has 1 atom stereocenters. The molecule has 0 bridgehead atoms. The van der Waals surface area contributed by atoms with Crippen LogP contribution in [0.3, 0.4) is 0 Å². The quantitative estimate of drug-likeness (QED) is 0.293. The van der Waals surface area contributed by atoms with Gasteiger partial charge in [-0.25, -0.2) is 0 Å². The number of benzene rings is 2. The lowest BCUT2D eigenvalue weighted by atomic mass is 10.1. The third-order valence-corrected chi connectivity index (χ3v) is 5.76. The lowest BCUT2D eigenvalue weighted by molar-refractivity contribution is 0.0575. The van der Waals surface area contributed by atoms with Crippen molar-refractivity contribution in [2.24, 2.45) is 10.7 Å². The Labute approximate surface area is 208 Å². The van der Waals surface area contributed by atoms with Crippen LogP contribution in [0.15, 0.2) is 47.5 Å². The van der Waals surface area contributed by atoms with Crippen molar-refractivity contribution in [1.82, 2.24) is 5.32 Å². The van der Waals surface area contributed by atoms with Gasteiger partial charge in [0.15, 0.2) is 0 Å². The molecule has 0 aromatic heterocycles. The number of hydrogen-bond donors (Lipinski definition) is 2. The Morgan fingerprint density at radius 1 is 1.06 bits per heavy atom. The van der Waals surface area contributed by atoms with Crippen LogP contribution in [0.1, 0.15) is 61.5 Å². The van der Waals surface area contributed by atoms with E-state index in [-0.39, 0.29) is 12.0 Å². The molecule has 0 unspecified atom stereocenters. The lowest BCUT2D eigenvalue weighted by Gasteiger charge is -2.13. The second-order valence-electron chi connectivity index (χ2n) is 7.61. The van der Waals surface area contributed by atoms with E-state index in [1.807, 2.05) is 42.5 Å². The summed E-state index contributed by atoms with van der Waals surface area (Å²) in [6.45, 7) is 7.67. The van der Waals surface area contributed by atoms with Crippen molar-refractivity contribution in [3.8, 4) is 0 Å². The highest BCUT2D eigenvalue weighted by Crippen LogP contribution is 2.22. The molecular formula is C26H37Cl2N3O2. The summed E-state index contributed by atoms with van der Waals surface area (Å²) in [5, 5.41) is 3.87. The SMILES string of the molecule is CCCO[C@H](CC)CN=C(N)CCc1ccc(C(=O)NC)cc1.CCc1ccc(Cl)c(Cl)c1. The molecule has 0 aliphatic rings. The van der Waals surface area contributed by atoms with Gasteiger partial charge in [0.2, 0.25) is 0 Å². The Morgan fingerprint density at radius 3 is 2.27 bits per heavy atom. The Morgan fingerprint density at radius 2 is 1.73 bits per heavy atom. The number of nitrogens with one attached hydrogen (secondary N) is 1. The highest BCUT2D eigenvalue weighted by molar-refractivity contribution is 6.42. The molecule has 0 heterocycles. The van der Waals surface area contributed by atoms with Crippen molar-refractivity contribution in [3.63, 3.8) is 0 Å². The molecule has 182 valence electrons. The molecule has 33 heavy (non-hydrogen) atoms. The summed E-state index contributed by atoms with van der Waals surface area (Å²) >= 11 is 11.5. The third-order valence-electron chi connectivity index (χ3n) is 5.02. The summed E-state index contributed by atoms with van der Waals surface area (Å²) in [7, 11) is 1.63. The molecule has 0 radical (unpaired) electrons. The molecule has 0 aliphatic carbocycles. The first-order valence-corrected chi connectivity index (χ1v) is 12.2. The zero-order chi connectivity index (χ0) is 24.6. The van der Waals surface area contributed by atoms with Crippen molar-refractivity contribution in [2.45, 2.75) is 59.0 Å². The molecule has 2 aromatic carbocycles. The van der Waals surface area contributed by atoms with E-state index in [2.05, 4.69) is 31.1 Å². The molecule has 0 fully saturated rings. The first-order chi connectivity index (χ1) is 15.8. The van der Waals surface area contributed by atoms with Gasteiger partial charge in [-0.1, -0.05) is 62.2 Å². The molecule has 7 heteroatoms. The van der Waals surface area contributed by atoms with Gasteiger partial charge in [0.1, 0.15) is 0 Å². The zero-order valence-corrected chi connectivity index (χ0v) is 21.7. The first-order valence-electron chi connectivity index (χ1n) is 11.5. The maximum absolute atomic E-state index is 11.5. The van der Waals surface area contributed by atoms with Gasteiger partial charge in [0.25, 0.3) is 5.91 Å². The summed E-state index contributed by atoms with van der Waals surface area (Å²) in [4.78, 5) is 15.9. The van der Waals surface area contributed by atoms with Gasteiger partial charge in [-0.05, 0) is 61.1 Å². The summed E-state index contributed by atoms with van der Waals surface area (Å²) in [6.07, 6.45) is 4.64. The predicted molar refractivity (Wildman–Crippen MR) is 141 cm³/mol. The van der Waals surface area contributed by atoms with Crippen LogP contribution >= 0.6 is 23.2 Å². The van der Waals surface area contributed by atoms with E-state index in [4.69, 9.17) is 33.7 Å². The van der Waals surface area contributed by atoms with E-state index in [1.54, 1.807) is 7.05 Å². The summed E-state index contributed by atoms with van der Waals surface area (Å²) in [5.74, 6) is 0.578. The molecule has 0 saturated heterocycles. The minimum Gasteiger partial charge on any atom is -0.387 e. The average Bonchev–Trinajstić information content (AvgIpc) is 2.84. The minimum atomic E-state index is -0.0738. The predicted octanol–water partition coefficient (Wildman–Crippen LogP) is 6.10. The van der Waals surface area contributed by atoms with Gasteiger partial charge in [-0.2, -0.15) is 0 Å². The van der Waals surface area contributed by atoms with Crippen LogP contribution in [0, 0.1) is 0 Å². The molecule has 0 saturated carbocycles. The number of halogens is 2. The molecule has 5 nitrogen and oxygen atoms in total. The maximum atomic E-state index is 11.5. The number of nitrogens with zero attached hydrogens (tertiary/aromatic N) is 1. The number of aryl methyl sites for hydroxylation is 2. The third kappa shape index (κ3) is 11.6. The van der Waals surface area contributed by atoms with Crippen LogP contribution in [0.2, 0.25) is 10.0 Å². The number of carbonyl (C=O) groups is 1. The highest BCUT2D eigenvalue weighted by atomic mass is 35.5. The fourth-order valence-electron chi connectivity index (χ4n) is 2.88. The second kappa shape index (κ2) is 16.5. The van der Waals surface area contributed by atoms with E-state index >= 15 is 0 Å². The van der Waals surface area contributed by atoms with E-state index < -0.39 is 0 Å². The number of aliphatic imine (C=N–C) groups is 1. The molecule has 0 spiro atoms. The number of ether oxygens (including phenoxy) is 1. The maximum Gasteiger partial charge on any atom is 0.251 e. The standard InChI is InChI=1S/C18H29N3O2.C8H8Cl2/c1-4-12-23-16(5-2)13-21-17(19)11-8-14-6-9-15(10-7-14)18(22)20-3;1-2-6-3-4-7(9)8(10)5-6/h6-7,9-10,16H,4-5,8,11-13H2,1-3H3,(H2,19,21)(H,20,22);3-5H,2H2,1H3/t16-;/m1./s1. The van der Waals surface area contributed by atoms with Gasteiger partial charge >= 0.3 is 0 Å². The molecular weight excluding hydrogens is 457 g/mol. The second-order valence-corrected chi connectivity index (χ2v) is 8.43. The Balaban J connectivity index is 0.000000451. The van der Waals surface area contributed by atoms with Crippen LogP contribution in [0.25, 0.3) is 0 Å². The Kier molecular flexibility index (Phi) is 14.5. The smallest absolute Gasteiger partial charge is 0.251 e. The van der Waals surface area contributed by atoms with Crippen LogP contribution in [0.5, 0.6) is 0 Å². The average molecular weight is 495 g/mol. The molecule has 3 N–H and O–H groups in total. The fraction of sp³-hybridized carbons (Fsp3) is 0.462. The van der Waals surface area contributed by atoms with Crippen molar-refractivity contribution in [3.05, 3.63) is 69.2 Å². The van der Waals surface area contributed by atoms with E-state index in [0.717, 1.165) is 37.9 Å². The molecule has 0 aliphatic heterocycles. The number of hydrogen-bond acceptors (Lipinski definition) is 3. The largest absolute Gasteiger partial charge is 0.387 e. The highest BCUT2D eigenvalue weighted by Gasteiger charge is 2.06. The van der Waals surface area contributed by atoms with Crippen molar-refractivity contribution < 1.29 is 9.53 Å². The summed E-state index contributed by atoms with van der Waals surface area (Å²) < 4.78 is 5.70. The van der Waals surface area contributed by atoms with Gasteiger partial charge in [-0.15, -0.1) is 0 Å². The molecule has 1 amide bonds. The van der Waals surface area contributed by atoms with Crippen LogP contribution in [-0.4, -0.2) is 38.0 Å². The van der Waals surface area contributed by atoms with E-state index in [1.165, 1.54) is 5.56 Å². The van der Waals surface area contributed by atoms with Crippen LogP contribution in [0.4, 0.5) is 0 Å². The van der Waals surface area contributed by atoms with Gasteiger partial charge in [-0.3, -0.25) is 9.79 Å². The summed E-state index contributed by atoms with van der Waals surface area (Å²) in [6, 6.07) is 13.3. The van der Waals surface area contributed by atoms with E-state index in [9.17, 15) is 4.79 Å². The Bertz CT molecular complexity index is 870. The fourth-order valence-corrected chi connectivity index (χ4v) is 3.20. The van der Waals surface area contributed by atoms with Crippen LogP contribution in [-0.2, 0) is 17.6 Å². The topological polar surface area (TPSA) is 76.7 Å². The minimum absolute atomic E-state index is 0.0738. The van der Waals surface area contributed by atoms with Crippen molar-refractivity contribution in [2.75, 3.05) is 20.2 Å². The molecule has 2 aromatic rings. The van der Waals surface area contributed by atoms with E-state index in [0.29, 0.717) is 34.4 Å². The number of rotatable bonds is 11. The first kappa shape index (κ1) is 29.0. The summed E-state index contributed by atoms with van der Waals surface area (Å²) in [5.41, 5.74) is 9.01. The van der Waals surface area contributed by atoms with Gasteiger partial charge < -0.3 is 15.8 Å².